The highest BCUT2D eigenvalue weighted by Crippen LogP contribution is 2.54. The van der Waals surface area contributed by atoms with Gasteiger partial charge in [0.1, 0.15) is 11.0 Å². The third kappa shape index (κ3) is 2.77. The first-order valence-corrected chi connectivity index (χ1v) is 10.5. The minimum Gasteiger partial charge on any atom is -0.423 e. The molecule has 3 aliphatic heterocycles. The number of imide groups is 1. The molecule has 3 aliphatic rings. The van der Waals surface area contributed by atoms with Crippen LogP contribution in [-0.4, -0.2) is 36.0 Å². The first kappa shape index (κ1) is 19.4. The molecule has 2 aromatic carbocycles. The number of nitrogens with two attached hydrogens (primary N) is 1. The summed E-state index contributed by atoms with van der Waals surface area (Å²) in [7, 11) is 1.52. The van der Waals surface area contributed by atoms with Crippen molar-refractivity contribution in [3.63, 3.8) is 0 Å². The molecule has 3 atom stereocenters. The number of carbonyl (C=O) groups excluding carboxylic acids is 4. The zero-order valence-corrected chi connectivity index (χ0v) is 17.1. The predicted octanol–water partition coefficient (Wildman–Crippen LogP) is 1.52. The Kier molecular flexibility index (Phi) is 4.37. The molecule has 2 aromatic rings. The highest BCUT2D eigenvalue weighted by atomic mass is 32.2. The average molecular weight is 435 g/mol. The summed E-state index contributed by atoms with van der Waals surface area (Å²) < 4.78 is 5.40. The summed E-state index contributed by atoms with van der Waals surface area (Å²) in [5.74, 6) is -2.74. The van der Waals surface area contributed by atoms with Gasteiger partial charge in [-0.2, -0.15) is 0 Å². The molecule has 3 N–H and O–H groups in total. The molecule has 0 spiro atoms. The fourth-order valence-electron chi connectivity index (χ4n) is 4.36. The summed E-state index contributed by atoms with van der Waals surface area (Å²) in [6, 6.07) is 13.2. The molecule has 1 saturated heterocycles. The first-order chi connectivity index (χ1) is 14.9. The largest absolute Gasteiger partial charge is 0.423 e. The van der Waals surface area contributed by atoms with Crippen molar-refractivity contribution >= 4 is 41.1 Å². The fraction of sp³-hybridized carbons (Fsp3) is 0.182. The molecule has 31 heavy (non-hydrogen) atoms. The normalized spacial score (nSPS) is 24.4. The SMILES string of the molecule is CNC(=O)c1ccc(N2C(=O)[C@H]3[C@H](SC(N)=C4C(=O)Oc5ccccc5[C@H]43)C2=O)cc1. The lowest BCUT2D eigenvalue weighted by Crippen LogP contribution is -2.39. The second kappa shape index (κ2) is 6.98. The number of rotatable bonds is 2. The molecule has 0 aliphatic carbocycles. The van der Waals surface area contributed by atoms with Gasteiger partial charge in [0, 0.05) is 24.1 Å². The molecule has 3 heterocycles. The first-order valence-electron chi connectivity index (χ1n) is 9.59. The molecule has 0 saturated carbocycles. The van der Waals surface area contributed by atoms with Crippen molar-refractivity contribution in [1.82, 2.24) is 5.32 Å². The summed E-state index contributed by atoms with van der Waals surface area (Å²) >= 11 is 1.02. The Hall–Kier alpha value is -3.59. The van der Waals surface area contributed by atoms with Gasteiger partial charge in [0.25, 0.3) is 5.91 Å². The highest BCUT2D eigenvalue weighted by molar-refractivity contribution is 8.04. The number of hydrogen-bond donors (Lipinski definition) is 2. The molecule has 0 unspecified atom stereocenters. The molecule has 9 heteroatoms. The number of benzene rings is 2. The number of carbonyl (C=O) groups is 4. The van der Waals surface area contributed by atoms with Gasteiger partial charge in [-0.15, -0.1) is 0 Å². The number of esters is 1. The van der Waals surface area contributed by atoms with Gasteiger partial charge in [-0.05, 0) is 30.3 Å². The van der Waals surface area contributed by atoms with Crippen LogP contribution in [0.25, 0.3) is 0 Å². The van der Waals surface area contributed by atoms with Crippen LogP contribution in [0.5, 0.6) is 5.75 Å². The molecule has 0 bridgehead atoms. The molecule has 0 aromatic heterocycles. The standard InChI is InChI=1S/C22H17N3O5S/c1-24-19(26)10-6-8-11(9-7-10)25-20(27)15-14-12-4-2-3-5-13(12)30-22(29)16(14)18(23)31-17(15)21(25)28/h2-9,14-15,17H,23H2,1H3,(H,24,26)/t14-,15+,17-/m0/s1. The highest BCUT2D eigenvalue weighted by Gasteiger charge is 2.58. The lowest BCUT2D eigenvalue weighted by Gasteiger charge is -2.36. The van der Waals surface area contributed by atoms with E-state index in [1.54, 1.807) is 48.5 Å². The predicted molar refractivity (Wildman–Crippen MR) is 113 cm³/mol. The van der Waals surface area contributed by atoms with Crippen molar-refractivity contribution in [2.45, 2.75) is 11.2 Å². The van der Waals surface area contributed by atoms with Crippen molar-refractivity contribution in [1.29, 1.82) is 0 Å². The Bertz CT molecular complexity index is 1190. The summed E-state index contributed by atoms with van der Waals surface area (Å²) in [4.78, 5) is 52.3. The van der Waals surface area contributed by atoms with Crippen LogP contribution in [0.1, 0.15) is 21.8 Å². The number of fused-ring (bicyclic) bond motifs is 5. The number of anilines is 1. The van der Waals surface area contributed by atoms with Gasteiger partial charge in [0.15, 0.2) is 0 Å². The zero-order valence-electron chi connectivity index (χ0n) is 16.3. The average Bonchev–Trinajstić information content (AvgIpc) is 3.02. The molecular weight excluding hydrogens is 418 g/mol. The van der Waals surface area contributed by atoms with Crippen LogP contribution < -0.4 is 20.7 Å². The van der Waals surface area contributed by atoms with Crippen LogP contribution in [0.2, 0.25) is 0 Å². The van der Waals surface area contributed by atoms with E-state index in [4.69, 9.17) is 10.5 Å². The molecule has 3 amide bonds. The maximum Gasteiger partial charge on any atom is 0.342 e. The molecular formula is C22H17N3O5S. The fourth-order valence-corrected chi connectivity index (χ4v) is 5.60. The van der Waals surface area contributed by atoms with E-state index >= 15 is 0 Å². The van der Waals surface area contributed by atoms with Crippen LogP contribution in [0.3, 0.4) is 0 Å². The minimum absolute atomic E-state index is 0.198. The van der Waals surface area contributed by atoms with Gasteiger partial charge in [-0.25, -0.2) is 9.69 Å². The van der Waals surface area contributed by atoms with Crippen LogP contribution in [0.4, 0.5) is 5.69 Å². The third-order valence-electron chi connectivity index (χ3n) is 5.78. The zero-order chi connectivity index (χ0) is 21.9. The van der Waals surface area contributed by atoms with Crippen LogP contribution in [0, 0.1) is 5.92 Å². The summed E-state index contributed by atoms with van der Waals surface area (Å²) in [6.07, 6.45) is 0. The van der Waals surface area contributed by atoms with Crippen LogP contribution in [0.15, 0.2) is 59.1 Å². The molecule has 1 fully saturated rings. The lowest BCUT2D eigenvalue weighted by molar-refractivity contribution is -0.131. The van der Waals surface area contributed by atoms with Gasteiger partial charge in [0.05, 0.1) is 22.2 Å². The molecule has 0 radical (unpaired) electrons. The van der Waals surface area contributed by atoms with E-state index in [9.17, 15) is 19.2 Å². The maximum absolute atomic E-state index is 13.5. The van der Waals surface area contributed by atoms with Crippen molar-refractivity contribution < 1.29 is 23.9 Å². The van der Waals surface area contributed by atoms with Gasteiger partial charge in [0.2, 0.25) is 11.8 Å². The number of nitrogens with zero attached hydrogens (tertiary/aromatic N) is 1. The minimum atomic E-state index is -0.785. The molecule has 8 nitrogen and oxygen atoms in total. The van der Waals surface area contributed by atoms with E-state index in [1.807, 2.05) is 0 Å². The Labute approximate surface area is 181 Å². The molecule has 156 valence electrons. The lowest BCUT2D eigenvalue weighted by atomic mass is 9.77. The quantitative estimate of drug-likeness (QED) is 0.417. The van der Waals surface area contributed by atoms with Crippen molar-refractivity contribution in [3.8, 4) is 5.75 Å². The Morgan fingerprint density at radius 1 is 1.06 bits per heavy atom. The number of amides is 3. The second-order valence-corrected chi connectivity index (χ2v) is 8.57. The number of para-hydroxylation sites is 1. The van der Waals surface area contributed by atoms with Crippen LogP contribution in [-0.2, 0) is 14.4 Å². The van der Waals surface area contributed by atoms with E-state index in [2.05, 4.69) is 5.32 Å². The second-order valence-electron chi connectivity index (χ2n) is 7.39. The van der Waals surface area contributed by atoms with Crippen molar-refractivity contribution in [3.05, 3.63) is 70.3 Å². The van der Waals surface area contributed by atoms with Crippen molar-refractivity contribution in [2.75, 3.05) is 11.9 Å². The molecule has 5 rings (SSSR count). The topological polar surface area (TPSA) is 119 Å². The number of nitrogens with one attached hydrogen (secondary N) is 1. The van der Waals surface area contributed by atoms with E-state index in [-0.39, 0.29) is 16.5 Å². The van der Waals surface area contributed by atoms with Gasteiger partial charge in [-0.3, -0.25) is 14.4 Å². The van der Waals surface area contributed by atoms with E-state index in [0.29, 0.717) is 22.6 Å². The summed E-state index contributed by atoms with van der Waals surface area (Å²) in [5, 5.41) is 1.97. The van der Waals surface area contributed by atoms with E-state index in [0.717, 1.165) is 16.7 Å². The number of thioether (sulfide) groups is 1. The number of hydrogen-bond acceptors (Lipinski definition) is 7. The Balaban J connectivity index is 1.58. The van der Waals surface area contributed by atoms with E-state index < -0.39 is 34.9 Å². The summed E-state index contributed by atoms with van der Waals surface area (Å²) in [6.45, 7) is 0. The Morgan fingerprint density at radius 3 is 2.48 bits per heavy atom. The van der Waals surface area contributed by atoms with Crippen LogP contribution >= 0.6 is 11.8 Å². The van der Waals surface area contributed by atoms with Gasteiger partial charge < -0.3 is 15.8 Å². The maximum atomic E-state index is 13.5. The smallest absolute Gasteiger partial charge is 0.342 e. The van der Waals surface area contributed by atoms with Gasteiger partial charge in [-0.1, -0.05) is 30.0 Å². The Morgan fingerprint density at radius 2 is 1.77 bits per heavy atom. The third-order valence-corrected chi connectivity index (χ3v) is 7.00. The number of ether oxygens (including phenoxy) is 1. The summed E-state index contributed by atoms with van der Waals surface area (Å²) in [5.41, 5.74) is 7.83. The van der Waals surface area contributed by atoms with Gasteiger partial charge >= 0.3 is 5.97 Å². The van der Waals surface area contributed by atoms with Crippen molar-refractivity contribution in [2.24, 2.45) is 11.7 Å². The van der Waals surface area contributed by atoms with E-state index in [1.165, 1.54) is 7.05 Å². The monoisotopic (exact) mass is 435 g/mol.